The topological polar surface area (TPSA) is 29.5 Å². The number of aliphatic hydroxyl groups is 1. The van der Waals surface area contributed by atoms with Crippen LogP contribution in [-0.4, -0.2) is 11.5 Å². The second kappa shape index (κ2) is 3.27. The van der Waals surface area contributed by atoms with Crippen LogP contribution in [0.4, 0.5) is 13.2 Å². The van der Waals surface area contributed by atoms with Crippen molar-refractivity contribution in [2.24, 2.45) is 0 Å². The van der Waals surface area contributed by atoms with Gasteiger partial charge >= 0.3 is 6.36 Å². The Bertz CT molecular complexity index is 410. The molecule has 0 saturated carbocycles. The predicted octanol–water partition coefficient (Wildman–Crippen LogP) is 2.65. The normalized spacial score (nSPS) is 19.1. The summed E-state index contributed by atoms with van der Waals surface area (Å²) < 4.78 is 39.4. The zero-order valence-corrected chi connectivity index (χ0v) is 7.45. The third-order valence-corrected chi connectivity index (χ3v) is 2.07. The van der Waals surface area contributed by atoms with Crippen LogP contribution in [0.5, 0.6) is 5.75 Å². The van der Waals surface area contributed by atoms with Crippen LogP contribution in [0.1, 0.15) is 17.2 Å². The maximum atomic E-state index is 11.9. The van der Waals surface area contributed by atoms with E-state index in [1.54, 1.807) is 6.08 Å². The summed E-state index contributed by atoms with van der Waals surface area (Å²) in [5.41, 5.74) is 1.13. The Hall–Kier alpha value is -1.49. The van der Waals surface area contributed by atoms with Crippen molar-refractivity contribution in [1.29, 1.82) is 0 Å². The first-order valence-corrected chi connectivity index (χ1v) is 4.22. The Morgan fingerprint density at radius 3 is 2.67 bits per heavy atom. The minimum Gasteiger partial charge on any atom is -0.406 e. The molecule has 1 aliphatic carbocycles. The van der Waals surface area contributed by atoms with Gasteiger partial charge in [-0.05, 0) is 23.3 Å². The standard InChI is InChI=1S/C10H7F3O2/c11-10(12,13)15-7-2-3-8-6(5-7)1-4-9(8)14/h1-5,9,14H. The second-order valence-corrected chi connectivity index (χ2v) is 3.14. The molecule has 0 spiro atoms. The molecule has 80 valence electrons. The highest BCUT2D eigenvalue weighted by Gasteiger charge is 2.31. The second-order valence-electron chi connectivity index (χ2n) is 3.14. The molecule has 2 nitrogen and oxygen atoms in total. The molecule has 2 rings (SSSR count). The van der Waals surface area contributed by atoms with Gasteiger partial charge in [0.05, 0.1) is 6.10 Å². The third-order valence-electron chi connectivity index (χ3n) is 2.07. The van der Waals surface area contributed by atoms with Gasteiger partial charge in [0.15, 0.2) is 0 Å². The molecule has 1 aliphatic rings. The van der Waals surface area contributed by atoms with Gasteiger partial charge in [0.2, 0.25) is 0 Å². The highest BCUT2D eigenvalue weighted by molar-refractivity contribution is 5.63. The van der Waals surface area contributed by atoms with E-state index >= 15 is 0 Å². The molecular formula is C10H7F3O2. The number of hydrogen-bond donors (Lipinski definition) is 1. The summed E-state index contributed by atoms with van der Waals surface area (Å²) in [7, 11) is 0. The lowest BCUT2D eigenvalue weighted by Crippen LogP contribution is -2.17. The first-order chi connectivity index (χ1) is 6.96. The van der Waals surface area contributed by atoms with Crippen LogP contribution >= 0.6 is 0 Å². The van der Waals surface area contributed by atoms with Crippen LogP contribution in [0.15, 0.2) is 24.3 Å². The van der Waals surface area contributed by atoms with Gasteiger partial charge in [0.1, 0.15) is 5.75 Å². The maximum Gasteiger partial charge on any atom is 0.573 e. The largest absolute Gasteiger partial charge is 0.573 e. The molecule has 1 unspecified atom stereocenters. The number of alkyl halides is 3. The Morgan fingerprint density at radius 1 is 1.27 bits per heavy atom. The molecule has 1 aromatic carbocycles. The van der Waals surface area contributed by atoms with Gasteiger partial charge < -0.3 is 9.84 Å². The van der Waals surface area contributed by atoms with E-state index in [2.05, 4.69) is 4.74 Å². The van der Waals surface area contributed by atoms with E-state index in [1.807, 2.05) is 0 Å². The van der Waals surface area contributed by atoms with E-state index < -0.39 is 12.5 Å². The van der Waals surface area contributed by atoms with E-state index in [1.165, 1.54) is 24.3 Å². The molecule has 1 aromatic rings. The minimum absolute atomic E-state index is 0.278. The summed E-state index contributed by atoms with van der Waals surface area (Å²) in [6, 6.07) is 3.85. The SMILES string of the molecule is OC1C=Cc2cc(OC(F)(F)F)ccc21. The fraction of sp³-hybridized carbons (Fsp3) is 0.200. The lowest BCUT2D eigenvalue weighted by molar-refractivity contribution is -0.274. The molecule has 1 atom stereocenters. The van der Waals surface area contributed by atoms with Gasteiger partial charge in [-0.2, -0.15) is 0 Å². The van der Waals surface area contributed by atoms with Crippen LogP contribution in [-0.2, 0) is 0 Å². The molecule has 0 heterocycles. The first-order valence-electron chi connectivity index (χ1n) is 4.22. The van der Waals surface area contributed by atoms with E-state index in [0.717, 1.165) is 0 Å². The van der Waals surface area contributed by atoms with E-state index in [4.69, 9.17) is 0 Å². The van der Waals surface area contributed by atoms with Crippen molar-refractivity contribution in [2.75, 3.05) is 0 Å². The smallest absolute Gasteiger partial charge is 0.406 e. The van der Waals surface area contributed by atoms with Crippen molar-refractivity contribution >= 4 is 6.08 Å². The Morgan fingerprint density at radius 2 is 2.00 bits per heavy atom. The van der Waals surface area contributed by atoms with Crippen molar-refractivity contribution < 1.29 is 23.0 Å². The highest BCUT2D eigenvalue weighted by Crippen LogP contribution is 2.32. The summed E-state index contributed by atoms with van der Waals surface area (Å²) in [5.74, 6) is -0.278. The number of fused-ring (bicyclic) bond motifs is 1. The van der Waals surface area contributed by atoms with E-state index in [9.17, 15) is 18.3 Å². The average molecular weight is 216 g/mol. The summed E-state index contributed by atoms with van der Waals surface area (Å²) in [6.45, 7) is 0. The minimum atomic E-state index is -4.69. The molecule has 0 amide bonds. The maximum absolute atomic E-state index is 11.9. The molecule has 0 bridgehead atoms. The van der Waals surface area contributed by atoms with Crippen LogP contribution in [0.2, 0.25) is 0 Å². The molecule has 0 radical (unpaired) electrons. The quantitative estimate of drug-likeness (QED) is 0.781. The van der Waals surface area contributed by atoms with Crippen molar-refractivity contribution in [2.45, 2.75) is 12.5 Å². The summed E-state index contributed by atoms with van der Waals surface area (Å²) in [6.07, 6.45) is -2.36. The van der Waals surface area contributed by atoms with Crippen LogP contribution in [0, 0.1) is 0 Å². The zero-order valence-electron chi connectivity index (χ0n) is 7.45. The fourth-order valence-corrected chi connectivity index (χ4v) is 1.46. The molecule has 0 fully saturated rings. The zero-order chi connectivity index (χ0) is 11.1. The molecule has 0 saturated heterocycles. The lowest BCUT2D eigenvalue weighted by Gasteiger charge is -2.10. The van der Waals surface area contributed by atoms with Crippen LogP contribution in [0.25, 0.3) is 6.08 Å². The van der Waals surface area contributed by atoms with Gasteiger partial charge in [-0.25, -0.2) is 0 Å². The number of halogens is 3. The van der Waals surface area contributed by atoms with Crippen LogP contribution in [0.3, 0.4) is 0 Å². The Labute approximate surface area is 83.6 Å². The summed E-state index contributed by atoms with van der Waals surface area (Å²) >= 11 is 0. The van der Waals surface area contributed by atoms with Crippen molar-refractivity contribution in [1.82, 2.24) is 0 Å². The Balaban J connectivity index is 2.27. The summed E-state index contributed by atoms with van der Waals surface area (Å²) in [5, 5.41) is 9.35. The Kier molecular flexibility index (Phi) is 2.19. The molecule has 15 heavy (non-hydrogen) atoms. The monoisotopic (exact) mass is 216 g/mol. The van der Waals surface area contributed by atoms with E-state index in [-0.39, 0.29) is 5.75 Å². The predicted molar refractivity (Wildman–Crippen MR) is 47.1 cm³/mol. The molecule has 5 heteroatoms. The molecule has 0 aromatic heterocycles. The van der Waals surface area contributed by atoms with Crippen molar-refractivity contribution in [3.63, 3.8) is 0 Å². The number of hydrogen-bond acceptors (Lipinski definition) is 2. The lowest BCUT2D eigenvalue weighted by atomic mass is 10.1. The third kappa shape index (κ3) is 2.12. The highest BCUT2D eigenvalue weighted by atomic mass is 19.4. The van der Waals surface area contributed by atoms with Gasteiger partial charge in [-0.15, -0.1) is 13.2 Å². The van der Waals surface area contributed by atoms with Crippen molar-refractivity contribution in [3.05, 3.63) is 35.4 Å². The number of aliphatic hydroxyl groups excluding tert-OH is 1. The van der Waals surface area contributed by atoms with E-state index in [0.29, 0.717) is 11.1 Å². The number of benzene rings is 1. The van der Waals surface area contributed by atoms with Gasteiger partial charge in [-0.3, -0.25) is 0 Å². The fourth-order valence-electron chi connectivity index (χ4n) is 1.46. The van der Waals surface area contributed by atoms with Gasteiger partial charge in [0, 0.05) is 0 Å². The molecule has 1 N–H and O–H groups in total. The number of ether oxygens (including phenoxy) is 1. The number of rotatable bonds is 1. The molecule has 0 aliphatic heterocycles. The summed E-state index contributed by atoms with van der Waals surface area (Å²) in [4.78, 5) is 0. The van der Waals surface area contributed by atoms with Crippen LogP contribution < -0.4 is 4.74 Å². The van der Waals surface area contributed by atoms with Crippen molar-refractivity contribution in [3.8, 4) is 5.75 Å². The molecular weight excluding hydrogens is 209 g/mol. The average Bonchev–Trinajstić information content (AvgIpc) is 2.45. The van der Waals surface area contributed by atoms with Gasteiger partial charge in [0.25, 0.3) is 0 Å². The van der Waals surface area contributed by atoms with Gasteiger partial charge in [-0.1, -0.05) is 18.2 Å². The first kappa shape index (κ1) is 10.0.